The number of alkyl halides is 2. The van der Waals surface area contributed by atoms with E-state index in [1.54, 1.807) is 6.07 Å². The minimum Gasteiger partial charge on any atom is -0.310 e. The Balaban J connectivity index is 2.34. The van der Waals surface area contributed by atoms with E-state index in [0.29, 0.717) is 12.2 Å². The minimum absolute atomic E-state index is 0.415. The van der Waals surface area contributed by atoms with Gasteiger partial charge >= 0.3 is 6.55 Å². The normalized spacial score (nSPS) is 11.6. The van der Waals surface area contributed by atoms with Crippen molar-refractivity contribution in [3.05, 3.63) is 18.0 Å². The molecule has 0 radical (unpaired) electrons. The summed E-state index contributed by atoms with van der Waals surface area (Å²) in [5.41, 5.74) is 0.503. The van der Waals surface area contributed by atoms with E-state index in [2.05, 4.69) is 10.4 Å². The van der Waals surface area contributed by atoms with Gasteiger partial charge in [-0.05, 0) is 20.2 Å². The molecule has 0 amide bonds. The van der Waals surface area contributed by atoms with E-state index >= 15 is 0 Å². The maximum Gasteiger partial charge on any atom is 0.333 e. The second-order valence-electron chi connectivity index (χ2n) is 3.52. The van der Waals surface area contributed by atoms with Crippen LogP contribution < -0.4 is 5.32 Å². The van der Waals surface area contributed by atoms with Crippen molar-refractivity contribution >= 4 is 0 Å². The molecule has 6 heteroatoms. The van der Waals surface area contributed by atoms with Crippen molar-refractivity contribution in [3.8, 4) is 0 Å². The maximum atomic E-state index is 12.4. The zero-order valence-corrected chi connectivity index (χ0v) is 8.95. The highest BCUT2D eigenvalue weighted by Crippen LogP contribution is 2.11. The summed E-state index contributed by atoms with van der Waals surface area (Å²) >= 11 is 0. The second-order valence-corrected chi connectivity index (χ2v) is 3.52. The fraction of sp³-hybridized carbons (Fsp3) is 0.667. The molecule has 4 nitrogen and oxygen atoms in total. The van der Waals surface area contributed by atoms with Gasteiger partial charge in [0.05, 0.1) is 5.69 Å². The van der Waals surface area contributed by atoms with Gasteiger partial charge in [0.2, 0.25) is 0 Å². The number of halogens is 2. The van der Waals surface area contributed by atoms with E-state index in [0.717, 1.165) is 17.8 Å². The summed E-state index contributed by atoms with van der Waals surface area (Å²) in [5, 5.41) is 6.62. The van der Waals surface area contributed by atoms with Crippen LogP contribution in [0, 0.1) is 0 Å². The molecule has 0 atom stereocenters. The first-order valence-electron chi connectivity index (χ1n) is 4.77. The monoisotopic (exact) mass is 218 g/mol. The van der Waals surface area contributed by atoms with Crippen LogP contribution in [0.2, 0.25) is 0 Å². The molecule has 15 heavy (non-hydrogen) atoms. The van der Waals surface area contributed by atoms with E-state index in [1.165, 1.54) is 6.20 Å². The lowest BCUT2D eigenvalue weighted by molar-refractivity contribution is 0.0531. The predicted molar refractivity (Wildman–Crippen MR) is 53.7 cm³/mol. The highest BCUT2D eigenvalue weighted by Gasteiger charge is 2.10. The van der Waals surface area contributed by atoms with Crippen molar-refractivity contribution in [1.82, 2.24) is 20.0 Å². The Bertz CT molecular complexity index is 285. The third kappa shape index (κ3) is 3.93. The molecule has 0 bridgehead atoms. The van der Waals surface area contributed by atoms with Gasteiger partial charge in [0, 0.05) is 25.8 Å². The van der Waals surface area contributed by atoms with Crippen LogP contribution in [0.25, 0.3) is 0 Å². The van der Waals surface area contributed by atoms with Gasteiger partial charge < -0.3 is 10.2 Å². The van der Waals surface area contributed by atoms with E-state index in [9.17, 15) is 8.78 Å². The molecule has 0 unspecified atom stereocenters. The van der Waals surface area contributed by atoms with Crippen LogP contribution >= 0.6 is 0 Å². The van der Waals surface area contributed by atoms with Crippen LogP contribution in [-0.2, 0) is 6.54 Å². The van der Waals surface area contributed by atoms with Crippen LogP contribution in [0.4, 0.5) is 8.78 Å². The molecule has 0 aliphatic carbocycles. The molecule has 86 valence electrons. The number of likely N-dealkylation sites (N-methyl/N-ethyl adjacent to an activating group) is 1. The molecule has 0 aliphatic heterocycles. The van der Waals surface area contributed by atoms with Gasteiger partial charge in [0.15, 0.2) is 0 Å². The molecule has 0 spiro atoms. The van der Waals surface area contributed by atoms with Crippen molar-refractivity contribution in [3.63, 3.8) is 0 Å². The molecular formula is C9H16F2N4. The van der Waals surface area contributed by atoms with Crippen LogP contribution in [0.3, 0.4) is 0 Å². The number of hydrogen-bond acceptors (Lipinski definition) is 3. The Hall–Kier alpha value is -1.01. The van der Waals surface area contributed by atoms with Crippen LogP contribution in [0.1, 0.15) is 12.2 Å². The molecule has 0 saturated heterocycles. The van der Waals surface area contributed by atoms with Gasteiger partial charge in [-0.1, -0.05) is 0 Å². The molecule has 0 aromatic carbocycles. The zero-order valence-electron chi connectivity index (χ0n) is 8.95. The SMILES string of the molecule is CN(C)CCNCc1ccnn1C(F)F. The summed E-state index contributed by atoms with van der Waals surface area (Å²) in [6.45, 7) is -0.506. The summed E-state index contributed by atoms with van der Waals surface area (Å²) in [7, 11) is 3.93. The smallest absolute Gasteiger partial charge is 0.310 e. The van der Waals surface area contributed by atoms with E-state index in [1.807, 2.05) is 19.0 Å². The second kappa shape index (κ2) is 5.77. The molecule has 0 fully saturated rings. The number of nitrogens with zero attached hydrogens (tertiary/aromatic N) is 3. The summed E-state index contributed by atoms with van der Waals surface area (Å²) < 4.78 is 25.5. The first kappa shape index (κ1) is 12.1. The zero-order chi connectivity index (χ0) is 11.3. The molecule has 1 aromatic heterocycles. The standard InChI is InChI=1S/C9H16F2N4/c1-14(2)6-5-12-7-8-3-4-13-15(8)9(10)11/h3-4,9,12H,5-7H2,1-2H3. The lowest BCUT2D eigenvalue weighted by Gasteiger charge is -2.11. The van der Waals surface area contributed by atoms with Crippen molar-refractivity contribution in [2.24, 2.45) is 0 Å². The third-order valence-corrected chi connectivity index (χ3v) is 1.98. The fourth-order valence-electron chi connectivity index (χ4n) is 1.18. The predicted octanol–water partition coefficient (Wildman–Crippen LogP) is 0.929. The Morgan fingerprint density at radius 2 is 2.27 bits per heavy atom. The van der Waals surface area contributed by atoms with Gasteiger partial charge in [-0.15, -0.1) is 0 Å². The molecule has 1 aromatic rings. The summed E-state index contributed by atoms with van der Waals surface area (Å²) in [6, 6.07) is 1.59. The lowest BCUT2D eigenvalue weighted by atomic mass is 10.4. The van der Waals surface area contributed by atoms with Crippen molar-refractivity contribution in [2.45, 2.75) is 13.1 Å². The molecule has 1 rings (SSSR count). The molecular weight excluding hydrogens is 202 g/mol. The van der Waals surface area contributed by atoms with Gasteiger partial charge in [-0.2, -0.15) is 13.9 Å². The molecule has 1 N–H and O–H groups in total. The van der Waals surface area contributed by atoms with Gasteiger partial charge in [0.25, 0.3) is 0 Å². The summed E-state index contributed by atoms with van der Waals surface area (Å²) in [5.74, 6) is 0. The average Bonchev–Trinajstić information content (AvgIpc) is 2.60. The average molecular weight is 218 g/mol. The highest BCUT2D eigenvalue weighted by atomic mass is 19.3. The van der Waals surface area contributed by atoms with Gasteiger partial charge in [-0.3, -0.25) is 0 Å². The quantitative estimate of drug-likeness (QED) is 0.721. The number of rotatable bonds is 6. The highest BCUT2D eigenvalue weighted by molar-refractivity contribution is 5.00. The summed E-state index contributed by atoms with van der Waals surface area (Å²) in [4.78, 5) is 2.03. The fourth-order valence-corrected chi connectivity index (χ4v) is 1.18. The first-order chi connectivity index (χ1) is 7.11. The Kier molecular flexibility index (Phi) is 4.64. The third-order valence-electron chi connectivity index (χ3n) is 1.98. The van der Waals surface area contributed by atoms with Crippen LogP contribution in [-0.4, -0.2) is 41.9 Å². The molecule has 0 aliphatic rings. The first-order valence-corrected chi connectivity index (χ1v) is 4.77. The largest absolute Gasteiger partial charge is 0.333 e. The van der Waals surface area contributed by atoms with E-state index < -0.39 is 6.55 Å². The van der Waals surface area contributed by atoms with Crippen LogP contribution in [0.15, 0.2) is 12.3 Å². The van der Waals surface area contributed by atoms with Crippen molar-refractivity contribution < 1.29 is 8.78 Å². The number of hydrogen-bond donors (Lipinski definition) is 1. The van der Waals surface area contributed by atoms with E-state index in [-0.39, 0.29) is 0 Å². The Morgan fingerprint density at radius 1 is 1.53 bits per heavy atom. The number of aromatic nitrogens is 2. The van der Waals surface area contributed by atoms with Crippen LogP contribution in [0.5, 0.6) is 0 Å². The lowest BCUT2D eigenvalue weighted by Crippen LogP contribution is -2.27. The topological polar surface area (TPSA) is 33.1 Å². The Labute approximate surface area is 87.9 Å². The van der Waals surface area contributed by atoms with Crippen molar-refractivity contribution in [1.29, 1.82) is 0 Å². The number of nitrogens with one attached hydrogen (secondary N) is 1. The maximum absolute atomic E-state index is 12.4. The summed E-state index contributed by atoms with van der Waals surface area (Å²) in [6.07, 6.45) is 1.38. The van der Waals surface area contributed by atoms with E-state index in [4.69, 9.17) is 0 Å². The molecule has 0 saturated carbocycles. The van der Waals surface area contributed by atoms with Gasteiger partial charge in [0.1, 0.15) is 0 Å². The van der Waals surface area contributed by atoms with Gasteiger partial charge in [-0.25, -0.2) is 4.68 Å². The molecule has 1 heterocycles. The Morgan fingerprint density at radius 3 is 2.87 bits per heavy atom. The van der Waals surface area contributed by atoms with Crippen molar-refractivity contribution in [2.75, 3.05) is 27.2 Å². The minimum atomic E-state index is -2.56.